The van der Waals surface area contributed by atoms with E-state index >= 15 is 0 Å². The first-order valence-electron chi connectivity index (χ1n) is 8.85. The van der Waals surface area contributed by atoms with Crippen molar-refractivity contribution in [1.29, 1.82) is 0 Å². The van der Waals surface area contributed by atoms with E-state index in [1.54, 1.807) is 18.2 Å². The third-order valence-corrected chi connectivity index (χ3v) is 5.25. The van der Waals surface area contributed by atoms with Gasteiger partial charge in [0.05, 0.1) is 11.3 Å². The Hall–Kier alpha value is -2.96. The molecule has 1 N–H and O–H groups in total. The molecule has 2 amide bonds. The fraction of sp³-hybridized carbons (Fsp3) is 0.300. The molecule has 4 rings (SSSR count). The molecule has 2 aromatic carbocycles. The molecular formula is C20H19F2N3O2. The van der Waals surface area contributed by atoms with Crippen LogP contribution in [0, 0.1) is 11.6 Å². The first-order valence-corrected chi connectivity index (χ1v) is 8.85. The number of fused-ring (bicyclic) bond motifs is 2. The van der Waals surface area contributed by atoms with Gasteiger partial charge in [0.25, 0.3) is 11.8 Å². The minimum atomic E-state index is -0.701. The number of hydrogen-bond acceptors (Lipinski definition) is 3. The van der Waals surface area contributed by atoms with Crippen LogP contribution < -0.4 is 10.2 Å². The molecule has 1 saturated heterocycles. The third kappa shape index (κ3) is 3.03. The molecule has 1 atom stereocenters. The van der Waals surface area contributed by atoms with E-state index in [-0.39, 0.29) is 30.1 Å². The van der Waals surface area contributed by atoms with E-state index in [1.807, 2.05) is 16.8 Å². The van der Waals surface area contributed by atoms with E-state index in [2.05, 4.69) is 5.32 Å². The lowest BCUT2D eigenvalue weighted by molar-refractivity contribution is 0.0719. The average Bonchev–Trinajstić information content (AvgIpc) is 3.15. The van der Waals surface area contributed by atoms with Gasteiger partial charge in [-0.2, -0.15) is 0 Å². The van der Waals surface area contributed by atoms with Crippen LogP contribution in [-0.2, 0) is 6.54 Å². The van der Waals surface area contributed by atoms with Gasteiger partial charge in [0.15, 0.2) is 0 Å². The number of anilines is 1. The van der Waals surface area contributed by atoms with Crippen molar-refractivity contribution in [2.75, 3.05) is 18.5 Å². The van der Waals surface area contributed by atoms with Gasteiger partial charge >= 0.3 is 0 Å². The topological polar surface area (TPSA) is 52.7 Å². The van der Waals surface area contributed by atoms with Crippen LogP contribution in [0.1, 0.15) is 39.1 Å². The minimum Gasteiger partial charge on any atom is -0.354 e. The van der Waals surface area contributed by atoms with Crippen LogP contribution in [0.15, 0.2) is 36.4 Å². The highest BCUT2D eigenvalue weighted by Gasteiger charge is 2.38. The maximum Gasteiger partial charge on any atom is 0.257 e. The Morgan fingerprint density at radius 1 is 1.22 bits per heavy atom. The van der Waals surface area contributed by atoms with Crippen LogP contribution in [0.2, 0.25) is 0 Å². The maximum absolute atomic E-state index is 13.7. The molecule has 7 heteroatoms. The molecule has 5 nitrogen and oxygen atoms in total. The summed E-state index contributed by atoms with van der Waals surface area (Å²) in [5.74, 6) is -1.75. The number of nitrogens with zero attached hydrogens (tertiary/aromatic N) is 2. The molecule has 2 heterocycles. The molecule has 1 unspecified atom stereocenters. The Balaban J connectivity index is 1.54. The fourth-order valence-electron chi connectivity index (χ4n) is 3.79. The number of carbonyl (C=O) groups excluding carboxylic acids is 2. The Morgan fingerprint density at radius 3 is 2.81 bits per heavy atom. The lowest BCUT2D eigenvalue weighted by atomic mass is 10.0. The molecule has 1 fully saturated rings. The summed E-state index contributed by atoms with van der Waals surface area (Å²) in [7, 11) is 1.92. The summed E-state index contributed by atoms with van der Waals surface area (Å²) in [6.45, 7) is 0.700. The summed E-state index contributed by atoms with van der Waals surface area (Å²) < 4.78 is 26.7. The lowest BCUT2D eigenvalue weighted by Crippen LogP contribution is -2.50. The molecule has 2 aromatic rings. The molecule has 0 saturated carbocycles. The van der Waals surface area contributed by atoms with Crippen molar-refractivity contribution in [2.45, 2.75) is 25.6 Å². The van der Waals surface area contributed by atoms with E-state index < -0.39 is 11.6 Å². The van der Waals surface area contributed by atoms with Gasteiger partial charge < -0.3 is 15.1 Å². The van der Waals surface area contributed by atoms with Gasteiger partial charge in [-0.05, 0) is 37.1 Å². The van der Waals surface area contributed by atoms with Crippen molar-refractivity contribution >= 4 is 17.5 Å². The monoisotopic (exact) mass is 371 g/mol. The Labute approximate surface area is 155 Å². The van der Waals surface area contributed by atoms with E-state index in [0.29, 0.717) is 11.1 Å². The lowest BCUT2D eigenvalue weighted by Gasteiger charge is -2.40. The van der Waals surface area contributed by atoms with Gasteiger partial charge in [-0.15, -0.1) is 0 Å². The van der Waals surface area contributed by atoms with Gasteiger partial charge in [0.2, 0.25) is 0 Å². The number of nitrogens with one attached hydrogen (secondary N) is 1. The average molecular weight is 371 g/mol. The van der Waals surface area contributed by atoms with Gasteiger partial charge in [-0.3, -0.25) is 9.59 Å². The molecule has 2 aliphatic rings. The van der Waals surface area contributed by atoms with Crippen LogP contribution in [0.5, 0.6) is 0 Å². The van der Waals surface area contributed by atoms with Crippen LogP contribution >= 0.6 is 0 Å². The van der Waals surface area contributed by atoms with E-state index in [0.717, 1.165) is 37.2 Å². The summed E-state index contributed by atoms with van der Waals surface area (Å²) in [4.78, 5) is 29.0. The molecule has 0 bridgehead atoms. The van der Waals surface area contributed by atoms with E-state index in [1.165, 1.54) is 6.07 Å². The second-order valence-electron chi connectivity index (χ2n) is 6.88. The maximum atomic E-state index is 13.7. The SMILES string of the molecule is CN1c2cc(C(=O)NCc3ccc(F)cc3F)ccc2C(=O)N2CCCC21. The Morgan fingerprint density at radius 2 is 2.04 bits per heavy atom. The van der Waals surface area contributed by atoms with Crippen LogP contribution in [0.25, 0.3) is 0 Å². The second kappa shape index (κ2) is 6.64. The zero-order valence-electron chi connectivity index (χ0n) is 14.8. The number of rotatable bonds is 3. The molecule has 140 valence electrons. The van der Waals surface area contributed by atoms with Crippen molar-refractivity contribution < 1.29 is 18.4 Å². The molecule has 0 aliphatic carbocycles. The molecule has 0 aromatic heterocycles. The van der Waals surface area contributed by atoms with Crippen LogP contribution in [0.4, 0.5) is 14.5 Å². The standard InChI is InChI=1S/C20H19F2N3O2/c1-24-17-9-12(5-7-15(17)20(27)25-8-2-3-18(24)25)19(26)23-11-13-4-6-14(21)10-16(13)22/h4-7,9-10,18H,2-3,8,11H2,1H3,(H,23,26). The predicted molar refractivity (Wildman–Crippen MR) is 96.4 cm³/mol. The highest BCUT2D eigenvalue weighted by molar-refractivity contribution is 6.04. The van der Waals surface area contributed by atoms with E-state index in [9.17, 15) is 18.4 Å². The summed E-state index contributed by atoms with van der Waals surface area (Å²) in [5.41, 5.74) is 1.90. The highest BCUT2D eigenvalue weighted by Crippen LogP contribution is 2.35. The number of benzene rings is 2. The normalized spacial score (nSPS) is 18.3. The Kier molecular flexibility index (Phi) is 4.30. The van der Waals surface area contributed by atoms with Crippen molar-refractivity contribution in [3.05, 3.63) is 64.7 Å². The third-order valence-electron chi connectivity index (χ3n) is 5.25. The molecule has 0 radical (unpaired) electrons. The smallest absolute Gasteiger partial charge is 0.257 e. The van der Waals surface area contributed by atoms with Crippen molar-refractivity contribution in [3.63, 3.8) is 0 Å². The summed E-state index contributed by atoms with van der Waals surface area (Å²) >= 11 is 0. The van der Waals surface area contributed by atoms with Crippen molar-refractivity contribution in [3.8, 4) is 0 Å². The largest absolute Gasteiger partial charge is 0.354 e. The van der Waals surface area contributed by atoms with Gasteiger partial charge in [-0.1, -0.05) is 6.07 Å². The van der Waals surface area contributed by atoms with E-state index in [4.69, 9.17) is 0 Å². The quantitative estimate of drug-likeness (QED) is 0.903. The first-order chi connectivity index (χ1) is 13.0. The van der Waals surface area contributed by atoms with Gasteiger partial charge in [-0.25, -0.2) is 8.78 Å². The molecule has 27 heavy (non-hydrogen) atoms. The minimum absolute atomic E-state index is 0.00839. The summed E-state index contributed by atoms with van der Waals surface area (Å²) in [6, 6.07) is 8.19. The van der Waals surface area contributed by atoms with Gasteiger partial charge in [0.1, 0.15) is 17.8 Å². The zero-order chi connectivity index (χ0) is 19.1. The van der Waals surface area contributed by atoms with Gasteiger partial charge in [0, 0.05) is 37.3 Å². The Bertz CT molecular complexity index is 931. The van der Waals surface area contributed by atoms with Crippen LogP contribution in [0.3, 0.4) is 0 Å². The first kappa shape index (κ1) is 17.5. The molecule has 2 aliphatic heterocycles. The zero-order valence-corrected chi connectivity index (χ0v) is 14.8. The van der Waals surface area contributed by atoms with Crippen molar-refractivity contribution in [1.82, 2.24) is 10.2 Å². The number of hydrogen-bond donors (Lipinski definition) is 1. The number of carbonyl (C=O) groups is 2. The summed E-state index contributed by atoms with van der Waals surface area (Å²) in [6.07, 6.45) is 1.89. The van der Waals surface area contributed by atoms with Crippen LogP contribution in [-0.4, -0.2) is 36.5 Å². The molecular weight excluding hydrogens is 352 g/mol. The highest BCUT2D eigenvalue weighted by atomic mass is 19.1. The molecule has 0 spiro atoms. The second-order valence-corrected chi connectivity index (χ2v) is 6.88. The van der Waals surface area contributed by atoms with Crippen molar-refractivity contribution in [2.24, 2.45) is 0 Å². The number of amides is 2. The summed E-state index contributed by atoms with van der Waals surface area (Å²) in [5, 5.41) is 2.64. The fourth-order valence-corrected chi connectivity index (χ4v) is 3.79. The predicted octanol–water partition coefficient (Wildman–Crippen LogP) is 2.91. The number of halogens is 2.